The molecule has 9 heteroatoms. The van der Waals surface area contributed by atoms with Crippen LogP contribution in [0.2, 0.25) is 5.02 Å². The minimum atomic E-state index is -3.92. The van der Waals surface area contributed by atoms with E-state index in [9.17, 15) is 18.5 Å². The van der Waals surface area contributed by atoms with Crippen molar-refractivity contribution in [3.05, 3.63) is 33.3 Å². The Kier molecular flexibility index (Phi) is 5.15. The first-order valence-electron chi connectivity index (χ1n) is 6.57. The Balaban J connectivity index is 1.99. The molecule has 1 aliphatic carbocycles. The zero-order valence-electron chi connectivity index (χ0n) is 11.2. The molecule has 0 saturated heterocycles. The standard InChI is InChI=1S/C12H16ClN3O4S/c13-9-2-5-12(11(8-9)16(17)18)21(19,20)15-7-1-6-14-10-3-4-10/h2,5,8,10,14-15H,1,3-4,6-7H2. The highest BCUT2D eigenvalue weighted by Crippen LogP contribution is 2.26. The number of hydrogen-bond donors (Lipinski definition) is 2. The Morgan fingerprint density at radius 1 is 1.33 bits per heavy atom. The summed E-state index contributed by atoms with van der Waals surface area (Å²) in [6, 6.07) is 4.06. The van der Waals surface area contributed by atoms with Gasteiger partial charge in [-0.2, -0.15) is 0 Å². The highest BCUT2D eigenvalue weighted by atomic mass is 35.5. The van der Waals surface area contributed by atoms with Crippen molar-refractivity contribution in [1.29, 1.82) is 0 Å². The maximum atomic E-state index is 12.1. The lowest BCUT2D eigenvalue weighted by atomic mass is 10.3. The average Bonchev–Trinajstić information content (AvgIpc) is 3.22. The molecule has 2 rings (SSSR count). The number of halogens is 1. The molecule has 0 aromatic heterocycles. The van der Waals surface area contributed by atoms with Crippen molar-refractivity contribution in [2.75, 3.05) is 13.1 Å². The van der Waals surface area contributed by atoms with Crippen LogP contribution in [0, 0.1) is 10.1 Å². The first kappa shape index (κ1) is 16.2. The summed E-state index contributed by atoms with van der Waals surface area (Å²) < 4.78 is 26.6. The van der Waals surface area contributed by atoms with Gasteiger partial charge in [-0.05, 0) is 37.9 Å². The summed E-state index contributed by atoms with van der Waals surface area (Å²) in [6.45, 7) is 0.942. The van der Waals surface area contributed by atoms with Gasteiger partial charge in [-0.15, -0.1) is 0 Å². The van der Waals surface area contributed by atoms with E-state index in [2.05, 4.69) is 10.0 Å². The van der Waals surface area contributed by atoms with Crippen LogP contribution in [0.15, 0.2) is 23.1 Å². The number of nitrogens with one attached hydrogen (secondary N) is 2. The molecule has 0 heterocycles. The third-order valence-corrected chi connectivity index (χ3v) is 4.81. The second kappa shape index (κ2) is 6.69. The SMILES string of the molecule is O=[N+]([O-])c1cc(Cl)ccc1S(=O)(=O)NCCCNC1CC1. The van der Waals surface area contributed by atoms with E-state index in [4.69, 9.17) is 11.6 Å². The average molecular weight is 334 g/mol. The van der Waals surface area contributed by atoms with E-state index in [-0.39, 0.29) is 16.5 Å². The fraction of sp³-hybridized carbons (Fsp3) is 0.500. The van der Waals surface area contributed by atoms with Gasteiger partial charge in [0.25, 0.3) is 5.69 Å². The highest BCUT2D eigenvalue weighted by molar-refractivity contribution is 7.89. The summed E-state index contributed by atoms with van der Waals surface area (Å²) in [4.78, 5) is 9.80. The molecule has 2 N–H and O–H groups in total. The van der Waals surface area contributed by atoms with Crippen LogP contribution in [0.1, 0.15) is 19.3 Å². The van der Waals surface area contributed by atoms with Gasteiger partial charge in [-0.3, -0.25) is 10.1 Å². The number of sulfonamides is 1. The number of benzene rings is 1. The molecule has 0 radical (unpaired) electrons. The molecule has 0 amide bonds. The van der Waals surface area contributed by atoms with Gasteiger partial charge in [0.1, 0.15) is 0 Å². The Bertz CT molecular complexity index is 631. The number of nitro benzene ring substituents is 1. The molecule has 7 nitrogen and oxygen atoms in total. The van der Waals surface area contributed by atoms with Crippen LogP contribution < -0.4 is 10.0 Å². The first-order chi connectivity index (χ1) is 9.90. The molecule has 116 valence electrons. The molecule has 1 aliphatic rings. The number of rotatable bonds is 8. The van der Waals surface area contributed by atoms with Crippen molar-refractivity contribution in [2.45, 2.75) is 30.2 Å². The zero-order chi connectivity index (χ0) is 15.5. The van der Waals surface area contributed by atoms with Gasteiger partial charge >= 0.3 is 0 Å². The van der Waals surface area contributed by atoms with Crippen molar-refractivity contribution in [2.24, 2.45) is 0 Å². The molecular formula is C12H16ClN3O4S. The van der Waals surface area contributed by atoms with E-state index in [1.807, 2.05) is 0 Å². The van der Waals surface area contributed by atoms with Crippen molar-refractivity contribution < 1.29 is 13.3 Å². The van der Waals surface area contributed by atoms with E-state index >= 15 is 0 Å². The lowest BCUT2D eigenvalue weighted by Crippen LogP contribution is -2.28. The second-order valence-corrected chi connectivity index (χ2v) is 7.02. The molecule has 0 aliphatic heterocycles. The van der Waals surface area contributed by atoms with E-state index in [0.29, 0.717) is 12.5 Å². The molecule has 0 spiro atoms. The van der Waals surface area contributed by atoms with Gasteiger partial charge < -0.3 is 5.32 Å². The van der Waals surface area contributed by atoms with Crippen molar-refractivity contribution in [1.82, 2.24) is 10.0 Å². The summed E-state index contributed by atoms with van der Waals surface area (Å²) in [5.74, 6) is 0. The van der Waals surface area contributed by atoms with Crippen molar-refractivity contribution in [3.8, 4) is 0 Å². The normalized spacial score (nSPS) is 15.1. The Morgan fingerprint density at radius 2 is 2.05 bits per heavy atom. The molecule has 1 fully saturated rings. The predicted octanol–water partition coefficient (Wildman–Crippen LogP) is 1.67. The van der Waals surface area contributed by atoms with Crippen LogP contribution in [-0.2, 0) is 10.0 Å². The third kappa shape index (κ3) is 4.63. The molecule has 1 saturated carbocycles. The lowest BCUT2D eigenvalue weighted by Gasteiger charge is -2.08. The van der Waals surface area contributed by atoms with Crippen LogP contribution >= 0.6 is 11.6 Å². The summed E-state index contributed by atoms with van der Waals surface area (Å²) >= 11 is 5.66. The van der Waals surface area contributed by atoms with Crippen LogP contribution in [-0.4, -0.2) is 32.5 Å². The second-order valence-electron chi connectivity index (χ2n) is 4.85. The summed E-state index contributed by atoms with van der Waals surface area (Å²) in [7, 11) is -3.92. The van der Waals surface area contributed by atoms with Crippen molar-refractivity contribution >= 4 is 27.3 Å². The van der Waals surface area contributed by atoms with E-state index in [1.54, 1.807) is 0 Å². The van der Waals surface area contributed by atoms with Gasteiger partial charge in [0.05, 0.1) is 4.92 Å². The molecule has 21 heavy (non-hydrogen) atoms. The van der Waals surface area contributed by atoms with Crippen molar-refractivity contribution in [3.63, 3.8) is 0 Å². The Labute approximate surface area is 127 Å². The van der Waals surface area contributed by atoms with E-state index in [1.165, 1.54) is 18.9 Å². The fourth-order valence-electron chi connectivity index (χ4n) is 1.83. The Hall–Kier alpha value is -1.22. The van der Waals surface area contributed by atoms with E-state index in [0.717, 1.165) is 18.7 Å². The largest absolute Gasteiger partial charge is 0.314 e. The van der Waals surface area contributed by atoms with Gasteiger partial charge in [0.2, 0.25) is 10.0 Å². The van der Waals surface area contributed by atoms with Gasteiger partial charge in [-0.1, -0.05) is 11.6 Å². The van der Waals surface area contributed by atoms with Crippen LogP contribution in [0.25, 0.3) is 0 Å². The van der Waals surface area contributed by atoms with Gasteiger partial charge in [0.15, 0.2) is 4.90 Å². The lowest BCUT2D eigenvalue weighted by molar-refractivity contribution is -0.387. The fourth-order valence-corrected chi connectivity index (χ4v) is 3.22. The predicted molar refractivity (Wildman–Crippen MR) is 78.9 cm³/mol. The quantitative estimate of drug-likeness (QED) is 0.428. The van der Waals surface area contributed by atoms with Gasteiger partial charge in [0, 0.05) is 23.7 Å². The van der Waals surface area contributed by atoms with Crippen LogP contribution in [0.3, 0.4) is 0 Å². The minimum absolute atomic E-state index is 0.120. The smallest absolute Gasteiger partial charge is 0.290 e. The van der Waals surface area contributed by atoms with Crippen LogP contribution in [0.4, 0.5) is 5.69 Å². The molecule has 0 atom stereocenters. The number of nitrogens with zero attached hydrogens (tertiary/aromatic N) is 1. The third-order valence-electron chi connectivity index (χ3n) is 3.06. The maximum absolute atomic E-state index is 12.1. The summed E-state index contributed by atoms with van der Waals surface area (Å²) in [5, 5.41) is 14.3. The Morgan fingerprint density at radius 3 is 2.67 bits per heavy atom. The topological polar surface area (TPSA) is 101 Å². The molecule has 0 unspecified atom stereocenters. The van der Waals surface area contributed by atoms with Gasteiger partial charge in [-0.25, -0.2) is 13.1 Å². The maximum Gasteiger partial charge on any atom is 0.290 e. The molecular weight excluding hydrogens is 318 g/mol. The first-order valence-corrected chi connectivity index (χ1v) is 8.43. The van der Waals surface area contributed by atoms with E-state index < -0.39 is 20.6 Å². The molecule has 1 aromatic carbocycles. The monoisotopic (exact) mass is 333 g/mol. The van der Waals surface area contributed by atoms with Crippen LogP contribution in [0.5, 0.6) is 0 Å². The zero-order valence-corrected chi connectivity index (χ0v) is 12.8. The number of nitro groups is 1. The molecule has 1 aromatic rings. The minimum Gasteiger partial charge on any atom is -0.314 e. The molecule has 0 bridgehead atoms. The number of hydrogen-bond acceptors (Lipinski definition) is 5. The summed E-state index contributed by atoms with van der Waals surface area (Å²) in [5.41, 5.74) is -0.522. The highest BCUT2D eigenvalue weighted by Gasteiger charge is 2.25. The summed E-state index contributed by atoms with van der Waals surface area (Å²) in [6.07, 6.45) is 2.96.